The molecule has 0 spiro atoms. The second kappa shape index (κ2) is 10.7. The molecule has 35 heavy (non-hydrogen) atoms. The van der Waals surface area contributed by atoms with Gasteiger partial charge in [-0.2, -0.15) is 0 Å². The highest BCUT2D eigenvalue weighted by molar-refractivity contribution is 6.32. The van der Waals surface area contributed by atoms with Gasteiger partial charge in [-0.25, -0.2) is 14.8 Å². The summed E-state index contributed by atoms with van der Waals surface area (Å²) in [5, 5.41) is 16.6. The standard InChI is InChI=1S/C25H32ClN5O4/c1-25(2,3)35-24(33)31-10-7-18(8-11-31)34-21-5-4-17(13-20(21)26)30-23-19-12-16(14-32)6-9-27-22(19)28-15-29-23/h4-5,12-13,15,18,32H,6-11,14H2,1-3H3,(H2,27,28,29,30). The largest absolute Gasteiger partial charge is 0.489 e. The van der Waals surface area contributed by atoms with Gasteiger partial charge in [-0.15, -0.1) is 0 Å². The fourth-order valence-corrected chi connectivity index (χ4v) is 4.21. The van der Waals surface area contributed by atoms with Gasteiger partial charge in [-0.05, 0) is 57.0 Å². The van der Waals surface area contributed by atoms with Gasteiger partial charge in [0.2, 0.25) is 0 Å². The summed E-state index contributed by atoms with van der Waals surface area (Å²) in [5.74, 6) is 1.93. The molecule has 3 heterocycles. The number of aromatic nitrogens is 2. The van der Waals surface area contributed by atoms with Crippen LogP contribution in [0, 0.1) is 0 Å². The Balaban J connectivity index is 1.39. The molecule has 1 saturated heterocycles. The van der Waals surface area contributed by atoms with Crippen molar-refractivity contribution in [3.63, 3.8) is 0 Å². The summed E-state index contributed by atoms with van der Waals surface area (Å²) in [6.07, 6.45) is 5.24. The van der Waals surface area contributed by atoms with Gasteiger partial charge < -0.3 is 30.1 Å². The molecule has 1 fully saturated rings. The number of aliphatic hydroxyl groups excluding tert-OH is 1. The van der Waals surface area contributed by atoms with Gasteiger partial charge in [0.15, 0.2) is 0 Å². The van der Waals surface area contributed by atoms with Crippen LogP contribution in [0.15, 0.2) is 30.1 Å². The third kappa shape index (κ3) is 6.55. The SMILES string of the molecule is CC(C)(C)OC(=O)N1CCC(Oc2ccc(Nc3ncnc4c3C=C(CO)CCN4)cc2Cl)CC1. The Labute approximate surface area is 210 Å². The summed E-state index contributed by atoms with van der Waals surface area (Å²) in [6.45, 7) is 7.43. The number of nitrogens with one attached hydrogen (secondary N) is 2. The third-order valence-corrected chi connectivity index (χ3v) is 6.05. The van der Waals surface area contributed by atoms with E-state index in [1.165, 1.54) is 6.33 Å². The lowest BCUT2D eigenvalue weighted by Crippen LogP contribution is -2.44. The average molecular weight is 502 g/mol. The lowest BCUT2D eigenvalue weighted by molar-refractivity contribution is 0.0126. The quantitative estimate of drug-likeness (QED) is 0.534. The Morgan fingerprint density at radius 3 is 2.74 bits per heavy atom. The highest BCUT2D eigenvalue weighted by Gasteiger charge is 2.28. The number of benzene rings is 1. The van der Waals surface area contributed by atoms with Crippen LogP contribution in [0.5, 0.6) is 5.75 Å². The summed E-state index contributed by atoms with van der Waals surface area (Å²) in [4.78, 5) is 22.7. The molecule has 4 rings (SSSR count). The molecule has 0 atom stereocenters. The first-order chi connectivity index (χ1) is 16.7. The van der Waals surface area contributed by atoms with Crippen molar-refractivity contribution in [2.24, 2.45) is 0 Å². The van der Waals surface area contributed by atoms with E-state index in [4.69, 9.17) is 21.1 Å². The maximum Gasteiger partial charge on any atom is 0.410 e. The zero-order chi connectivity index (χ0) is 25.0. The molecule has 2 aromatic rings. The van der Waals surface area contributed by atoms with E-state index in [2.05, 4.69) is 20.6 Å². The number of hydrogen-bond donors (Lipinski definition) is 3. The molecule has 1 amide bonds. The number of rotatable bonds is 5. The molecule has 0 bridgehead atoms. The molecule has 9 nitrogen and oxygen atoms in total. The van der Waals surface area contributed by atoms with Crippen LogP contribution in [0.1, 0.15) is 45.6 Å². The summed E-state index contributed by atoms with van der Waals surface area (Å²) < 4.78 is 11.6. The van der Waals surface area contributed by atoms with Crippen LogP contribution < -0.4 is 15.4 Å². The highest BCUT2D eigenvalue weighted by Crippen LogP contribution is 2.33. The zero-order valence-corrected chi connectivity index (χ0v) is 21.1. The zero-order valence-electron chi connectivity index (χ0n) is 20.3. The average Bonchev–Trinajstić information content (AvgIpc) is 3.03. The van der Waals surface area contributed by atoms with Gasteiger partial charge in [-0.1, -0.05) is 11.6 Å². The molecular formula is C25H32ClN5O4. The Hall–Kier alpha value is -3.04. The molecule has 2 aliphatic heterocycles. The number of hydrogen-bond acceptors (Lipinski definition) is 8. The van der Waals surface area contributed by atoms with E-state index >= 15 is 0 Å². The number of likely N-dealkylation sites (tertiary alicyclic amines) is 1. The normalized spacial score (nSPS) is 16.5. The van der Waals surface area contributed by atoms with E-state index in [9.17, 15) is 9.90 Å². The first kappa shape index (κ1) is 25.1. The van der Waals surface area contributed by atoms with Crippen molar-refractivity contribution >= 4 is 41.1 Å². The molecule has 0 unspecified atom stereocenters. The van der Waals surface area contributed by atoms with Crippen molar-refractivity contribution in [2.75, 3.05) is 36.9 Å². The number of halogens is 1. The molecule has 1 aromatic heterocycles. The van der Waals surface area contributed by atoms with Gasteiger partial charge >= 0.3 is 6.09 Å². The summed E-state index contributed by atoms with van der Waals surface area (Å²) in [7, 11) is 0. The van der Waals surface area contributed by atoms with Crippen LogP contribution in [-0.2, 0) is 4.74 Å². The van der Waals surface area contributed by atoms with Crippen LogP contribution in [-0.4, -0.2) is 64.0 Å². The molecule has 10 heteroatoms. The molecule has 188 valence electrons. The number of carbonyl (C=O) groups excluding carboxylic acids is 1. The maximum atomic E-state index is 12.3. The topological polar surface area (TPSA) is 109 Å². The van der Waals surface area contributed by atoms with Crippen molar-refractivity contribution in [1.82, 2.24) is 14.9 Å². The lowest BCUT2D eigenvalue weighted by Gasteiger charge is -2.33. The number of ether oxygens (including phenoxy) is 2. The molecule has 1 aromatic carbocycles. The van der Waals surface area contributed by atoms with Crippen LogP contribution >= 0.6 is 11.6 Å². The minimum Gasteiger partial charge on any atom is -0.489 e. The molecule has 0 aliphatic carbocycles. The highest BCUT2D eigenvalue weighted by atomic mass is 35.5. The van der Waals surface area contributed by atoms with Crippen LogP contribution in [0.4, 0.5) is 22.1 Å². The van der Waals surface area contributed by atoms with Crippen molar-refractivity contribution in [2.45, 2.75) is 51.7 Å². The minimum absolute atomic E-state index is 0.00990. The van der Waals surface area contributed by atoms with Gasteiger partial charge in [0.1, 0.15) is 35.4 Å². The maximum absolute atomic E-state index is 12.3. The minimum atomic E-state index is -0.508. The summed E-state index contributed by atoms with van der Waals surface area (Å²) >= 11 is 6.54. The molecular weight excluding hydrogens is 470 g/mol. The predicted molar refractivity (Wildman–Crippen MR) is 136 cm³/mol. The number of fused-ring (bicyclic) bond motifs is 1. The second-order valence-corrected chi connectivity index (χ2v) is 10.1. The molecule has 0 radical (unpaired) electrons. The van der Waals surface area contributed by atoms with E-state index in [0.717, 1.165) is 29.1 Å². The van der Waals surface area contributed by atoms with E-state index < -0.39 is 5.60 Å². The first-order valence-electron chi connectivity index (χ1n) is 11.8. The van der Waals surface area contributed by atoms with Crippen molar-refractivity contribution in [1.29, 1.82) is 0 Å². The summed E-state index contributed by atoms with van der Waals surface area (Å²) in [6, 6.07) is 5.51. The monoisotopic (exact) mass is 501 g/mol. The molecule has 0 saturated carbocycles. The number of aliphatic hydroxyl groups is 1. The van der Waals surface area contributed by atoms with Gasteiger partial charge in [0, 0.05) is 38.2 Å². The fourth-order valence-electron chi connectivity index (χ4n) is 3.99. The van der Waals surface area contributed by atoms with Crippen molar-refractivity contribution in [3.8, 4) is 5.75 Å². The van der Waals surface area contributed by atoms with E-state index in [1.54, 1.807) is 11.0 Å². The van der Waals surface area contributed by atoms with Crippen LogP contribution in [0.25, 0.3) is 6.08 Å². The Bertz CT molecular complexity index is 1090. The smallest absolute Gasteiger partial charge is 0.410 e. The van der Waals surface area contributed by atoms with Crippen molar-refractivity contribution < 1.29 is 19.4 Å². The number of anilines is 3. The van der Waals surface area contributed by atoms with Gasteiger partial charge in [-0.3, -0.25) is 0 Å². The predicted octanol–water partition coefficient (Wildman–Crippen LogP) is 4.84. The van der Waals surface area contributed by atoms with E-state index in [0.29, 0.717) is 49.1 Å². The number of amides is 1. The van der Waals surface area contributed by atoms with Gasteiger partial charge in [0.05, 0.1) is 17.2 Å². The van der Waals surface area contributed by atoms with Crippen LogP contribution in [0.3, 0.4) is 0 Å². The Kier molecular flexibility index (Phi) is 7.66. The number of nitrogens with zero attached hydrogens (tertiary/aromatic N) is 3. The Morgan fingerprint density at radius 1 is 1.29 bits per heavy atom. The number of piperidine rings is 1. The number of carbonyl (C=O) groups is 1. The molecule has 3 N–H and O–H groups in total. The Morgan fingerprint density at radius 2 is 2.06 bits per heavy atom. The van der Waals surface area contributed by atoms with Crippen LogP contribution in [0.2, 0.25) is 5.02 Å². The van der Waals surface area contributed by atoms with E-state index in [1.807, 2.05) is 39.0 Å². The van der Waals surface area contributed by atoms with Crippen molar-refractivity contribution in [3.05, 3.63) is 40.7 Å². The second-order valence-electron chi connectivity index (χ2n) is 9.68. The fraction of sp³-hybridized carbons (Fsp3) is 0.480. The lowest BCUT2D eigenvalue weighted by atomic mass is 10.1. The van der Waals surface area contributed by atoms with Gasteiger partial charge in [0.25, 0.3) is 0 Å². The summed E-state index contributed by atoms with van der Waals surface area (Å²) in [5.41, 5.74) is 1.95. The van der Waals surface area contributed by atoms with E-state index in [-0.39, 0.29) is 18.8 Å². The third-order valence-electron chi connectivity index (χ3n) is 5.76. The molecule has 2 aliphatic rings. The first-order valence-corrected chi connectivity index (χ1v) is 12.2.